The second-order valence-electron chi connectivity index (χ2n) is 4.84. The van der Waals surface area contributed by atoms with Crippen molar-refractivity contribution in [3.8, 4) is 5.82 Å². The first-order chi connectivity index (χ1) is 12.1. The first-order valence-corrected chi connectivity index (χ1v) is 7.50. The van der Waals surface area contributed by atoms with Gasteiger partial charge in [-0.3, -0.25) is 14.6 Å². The Labute approximate surface area is 147 Å². The maximum Gasteiger partial charge on any atom is 0.270 e. The fraction of sp³-hybridized carbons (Fsp3) is 0.0667. The van der Waals surface area contributed by atoms with Gasteiger partial charge in [0.1, 0.15) is 18.3 Å². The molecule has 0 unspecified atom stereocenters. The molecule has 0 bridgehead atoms. The Hall–Kier alpha value is -3.33. The number of halogens is 1. The lowest BCUT2D eigenvalue weighted by Gasteiger charge is -2.07. The predicted octanol–water partition coefficient (Wildman–Crippen LogP) is 1.08. The summed E-state index contributed by atoms with van der Waals surface area (Å²) in [5, 5.41) is 9.44. The Morgan fingerprint density at radius 1 is 1.20 bits per heavy atom. The van der Waals surface area contributed by atoms with Crippen molar-refractivity contribution in [3.05, 3.63) is 60.0 Å². The van der Waals surface area contributed by atoms with Gasteiger partial charge in [0, 0.05) is 11.2 Å². The Bertz CT molecular complexity index is 881. The number of carbonyl (C=O) groups is 2. The molecule has 0 aliphatic carbocycles. The van der Waals surface area contributed by atoms with Crippen LogP contribution in [-0.2, 0) is 4.79 Å². The molecule has 2 N–H and O–H groups in total. The number of pyridine rings is 2. The van der Waals surface area contributed by atoms with Gasteiger partial charge in [-0.25, -0.2) is 14.6 Å². The van der Waals surface area contributed by atoms with Crippen molar-refractivity contribution in [1.82, 2.24) is 30.0 Å². The van der Waals surface area contributed by atoms with E-state index in [1.165, 1.54) is 35.8 Å². The Balaban J connectivity index is 1.53. The molecule has 3 heterocycles. The summed E-state index contributed by atoms with van der Waals surface area (Å²) in [7, 11) is 0. The molecule has 0 saturated heterocycles. The molecule has 2 amide bonds. The first-order valence-electron chi connectivity index (χ1n) is 7.12. The molecule has 10 heteroatoms. The predicted molar refractivity (Wildman–Crippen MR) is 89.4 cm³/mol. The number of amides is 2. The first kappa shape index (κ1) is 16.5. The van der Waals surface area contributed by atoms with E-state index in [9.17, 15) is 9.59 Å². The van der Waals surface area contributed by atoms with E-state index in [1.807, 2.05) is 0 Å². The average Bonchev–Trinajstić information content (AvgIpc) is 3.15. The number of nitrogens with one attached hydrogen (secondary N) is 2. The highest BCUT2D eigenvalue weighted by molar-refractivity contribution is 6.30. The summed E-state index contributed by atoms with van der Waals surface area (Å²) in [5.74, 6) is -0.321. The lowest BCUT2D eigenvalue weighted by atomic mass is 10.3. The van der Waals surface area contributed by atoms with Crippen molar-refractivity contribution < 1.29 is 9.59 Å². The van der Waals surface area contributed by atoms with Gasteiger partial charge in [-0.15, -0.1) is 0 Å². The fourth-order valence-corrected chi connectivity index (χ4v) is 2.07. The summed E-state index contributed by atoms with van der Waals surface area (Å²) in [6.07, 6.45) is 5.81. The average molecular weight is 358 g/mol. The number of nitrogens with zero attached hydrogens (tertiary/aromatic N) is 5. The van der Waals surface area contributed by atoms with E-state index in [1.54, 1.807) is 18.2 Å². The van der Waals surface area contributed by atoms with Crippen LogP contribution < -0.4 is 10.6 Å². The number of anilines is 1. The van der Waals surface area contributed by atoms with Crippen LogP contribution in [0.25, 0.3) is 5.82 Å². The van der Waals surface area contributed by atoms with E-state index < -0.39 is 11.8 Å². The van der Waals surface area contributed by atoms with Gasteiger partial charge in [0.25, 0.3) is 5.91 Å². The Morgan fingerprint density at radius 2 is 2.08 bits per heavy atom. The van der Waals surface area contributed by atoms with Crippen LogP contribution >= 0.6 is 11.6 Å². The van der Waals surface area contributed by atoms with E-state index >= 15 is 0 Å². The normalized spacial score (nSPS) is 10.3. The molecule has 0 atom stereocenters. The number of hydrogen-bond donors (Lipinski definition) is 2. The quantitative estimate of drug-likeness (QED) is 0.706. The molecule has 3 aromatic rings. The van der Waals surface area contributed by atoms with Crippen LogP contribution in [0.15, 0.2) is 49.3 Å². The molecular weight excluding hydrogens is 346 g/mol. The smallest absolute Gasteiger partial charge is 0.270 e. The topological polar surface area (TPSA) is 115 Å². The van der Waals surface area contributed by atoms with E-state index in [-0.39, 0.29) is 12.2 Å². The van der Waals surface area contributed by atoms with Gasteiger partial charge in [0.2, 0.25) is 5.91 Å². The zero-order valence-electron chi connectivity index (χ0n) is 12.8. The second-order valence-corrected chi connectivity index (χ2v) is 5.27. The molecule has 0 radical (unpaired) electrons. The molecule has 9 nitrogen and oxygen atoms in total. The molecular formula is C15H12ClN7O2. The van der Waals surface area contributed by atoms with Gasteiger partial charge in [0.15, 0.2) is 5.82 Å². The molecule has 0 fully saturated rings. The van der Waals surface area contributed by atoms with Crippen LogP contribution in [-0.4, -0.2) is 43.1 Å². The van der Waals surface area contributed by atoms with Gasteiger partial charge < -0.3 is 10.6 Å². The minimum absolute atomic E-state index is 0.138. The summed E-state index contributed by atoms with van der Waals surface area (Å²) in [6, 6.07) is 6.32. The lowest BCUT2D eigenvalue weighted by Crippen LogP contribution is -2.33. The summed E-state index contributed by atoms with van der Waals surface area (Å²) in [5.41, 5.74) is 0.628. The largest absolute Gasteiger partial charge is 0.342 e. The summed E-state index contributed by atoms with van der Waals surface area (Å²) in [4.78, 5) is 35.7. The third-order valence-electron chi connectivity index (χ3n) is 3.05. The van der Waals surface area contributed by atoms with Crippen molar-refractivity contribution in [1.29, 1.82) is 0 Å². The molecule has 0 aliphatic heterocycles. The van der Waals surface area contributed by atoms with Crippen LogP contribution in [0.4, 0.5) is 5.69 Å². The van der Waals surface area contributed by atoms with Crippen molar-refractivity contribution in [2.24, 2.45) is 0 Å². The molecule has 25 heavy (non-hydrogen) atoms. The van der Waals surface area contributed by atoms with Gasteiger partial charge >= 0.3 is 0 Å². The standard InChI is InChI=1S/C15H12ClN7O2/c16-10-3-4-18-12(5-10)15(25)20-7-14(24)22-11-1-2-13(19-6-11)23-9-17-8-21-23/h1-6,8-9H,7H2,(H,20,25)(H,22,24). The number of hydrogen-bond acceptors (Lipinski definition) is 6. The highest BCUT2D eigenvalue weighted by Gasteiger charge is 2.10. The van der Waals surface area contributed by atoms with Crippen LogP contribution in [0.3, 0.4) is 0 Å². The van der Waals surface area contributed by atoms with E-state index in [2.05, 4.69) is 30.7 Å². The highest BCUT2D eigenvalue weighted by Crippen LogP contribution is 2.09. The number of rotatable bonds is 5. The Kier molecular flexibility index (Phi) is 4.95. The second kappa shape index (κ2) is 7.49. The molecule has 3 rings (SSSR count). The third-order valence-corrected chi connectivity index (χ3v) is 3.28. The van der Waals surface area contributed by atoms with Crippen molar-refractivity contribution in [2.75, 3.05) is 11.9 Å². The van der Waals surface area contributed by atoms with Crippen LogP contribution in [0.2, 0.25) is 5.02 Å². The minimum Gasteiger partial charge on any atom is -0.342 e. The van der Waals surface area contributed by atoms with Crippen LogP contribution in [0, 0.1) is 0 Å². The van der Waals surface area contributed by atoms with Crippen LogP contribution in [0.1, 0.15) is 10.5 Å². The molecule has 126 valence electrons. The monoisotopic (exact) mass is 357 g/mol. The number of carbonyl (C=O) groups excluding carboxylic acids is 2. The van der Waals surface area contributed by atoms with Gasteiger partial charge in [0.05, 0.1) is 18.4 Å². The maximum absolute atomic E-state index is 11.9. The van der Waals surface area contributed by atoms with Gasteiger partial charge in [-0.2, -0.15) is 5.10 Å². The zero-order chi connectivity index (χ0) is 17.6. The van der Waals surface area contributed by atoms with Crippen molar-refractivity contribution >= 4 is 29.1 Å². The molecule has 0 aromatic carbocycles. The van der Waals surface area contributed by atoms with E-state index in [4.69, 9.17) is 11.6 Å². The number of aromatic nitrogens is 5. The summed E-state index contributed by atoms with van der Waals surface area (Å²) >= 11 is 5.79. The molecule has 0 spiro atoms. The van der Waals surface area contributed by atoms with E-state index in [0.717, 1.165) is 0 Å². The van der Waals surface area contributed by atoms with Gasteiger partial charge in [-0.05, 0) is 24.3 Å². The van der Waals surface area contributed by atoms with Crippen molar-refractivity contribution in [3.63, 3.8) is 0 Å². The van der Waals surface area contributed by atoms with E-state index in [0.29, 0.717) is 16.5 Å². The minimum atomic E-state index is -0.489. The zero-order valence-corrected chi connectivity index (χ0v) is 13.5. The summed E-state index contributed by atoms with van der Waals surface area (Å²) < 4.78 is 1.49. The van der Waals surface area contributed by atoms with Crippen LogP contribution in [0.5, 0.6) is 0 Å². The summed E-state index contributed by atoms with van der Waals surface area (Å²) in [6.45, 7) is -0.210. The molecule has 0 saturated carbocycles. The highest BCUT2D eigenvalue weighted by atomic mass is 35.5. The SMILES string of the molecule is O=C(CNC(=O)c1cc(Cl)ccn1)Nc1ccc(-n2cncn2)nc1. The Morgan fingerprint density at radius 3 is 2.76 bits per heavy atom. The van der Waals surface area contributed by atoms with Gasteiger partial charge in [-0.1, -0.05) is 11.6 Å². The third kappa shape index (κ3) is 4.36. The molecule has 0 aliphatic rings. The maximum atomic E-state index is 11.9. The van der Waals surface area contributed by atoms with Crippen molar-refractivity contribution in [2.45, 2.75) is 0 Å². The lowest BCUT2D eigenvalue weighted by molar-refractivity contribution is -0.115. The molecule has 3 aromatic heterocycles. The fourth-order valence-electron chi connectivity index (χ4n) is 1.91.